The number of thioether (sulfide) groups is 1. The number of nitrogens with zero attached hydrogens (tertiary/aromatic N) is 3. The molecule has 0 spiro atoms. The molecule has 1 aliphatic rings. The van der Waals surface area contributed by atoms with Crippen LogP contribution in [0.3, 0.4) is 0 Å². The molecular formula is C17H23N3OS. The molecule has 1 fully saturated rings. The number of hydrogen-bond donors (Lipinski definition) is 1. The van der Waals surface area contributed by atoms with Crippen LogP contribution >= 0.6 is 11.8 Å². The molecule has 118 valence electrons. The molecule has 0 amide bonds. The van der Waals surface area contributed by atoms with Crippen molar-refractivity contribution in [2.24, 2.45) is 0 Å². The summed E-state index contributed by atoms with van der Waals surface area (Å²) in [4.78, 5) is 10.2. The Morgan fingerprint density at radius 2 is 2.14 bits per heavy atom. The first-order valence-electron chi connectivity index (χ1n) is 7.92. The maximum Gasteiger partial charge on any atom is 0.138 e. The third-order valence-electron chi connectivity index (χ3n) is 4.45. The van der Waals surface area contributed by atoms with Crippen LogP contribution in [0, 0.1) is 0 Å². The molecule has 0 aliphatic heterocycles. The molecule has 4 nitrogen and oxygen atoms in total. The summed E-state index contributed by atoms with van der Waals surface area (Å²) in [6.45, 7) is 5.67. The van der Waals surface area contributed by atoms with Crippen LogP contribution in [0.25, 0.3) is 17.1 Å². The molecule has 2 aromatic rings. The lowest BCUT2D eigenvalue weighted by Crippen LogP contribution is -2.17. The van der Waals surface area contributed by atoms with E-state index in [1.807, 2.05) is 0 Å². The van der Waals surface area contributed by atoms with Crippen LogP contribution in [-0.2, 0) is 0 Å². The van der Waals surface area contributed by atoms with Crippen molar-refractivity contribution in [3.8, 4) is 0 Å². The fraction of sp³-hybridized carbons (Fsp3) is 0.529. The predicted molar refractivity (Wildman–Crippen MR) is 92.2 cm³/mol. The van der Waals surface area contributed by atoms with E-state index in [1.54, 1.807) is 31.0 Å². The number of pyridine rings is 1. The average molecular weight is 317 g/mol. The van der Waals surface area contributed by atoms with Gasteiger partial charge in [-0.1, -0.05) is 25.8 Å². The van der Waals surface area contributed by atoms with Crippen molar-refractivity contribution in [2.75, 3.05) is 6.26 Å². The van der Waals surface area contributed by atoms with Crippen LogP contribution in [0.1, 0.15) is 62.7 Å². The van der Waals surface area contributed by atoms with Gasteiger partial charge in [-0.3, -0.25) is 4.98 Å². The number of imidazole rings is 1. The third-order valence-corrected chi connectivity index (χ3v) is 5.26. The summed E-state index contributed by atoms with van der Waals surface area (Å²) in [6, 6.07) is 0.425. The summed E-state index contributed by atoms with van der Waals surface area (Å²) in [5, 5.41) is 10.2. The maximum absolute atomic E-state index is 10.2. The van der Waals surface area contributed by atoms with Gasteiger partial charge in [-0.25, -0.2) is 4.98 Å². The Labute approximate surface area is 135 Å². The van der Waals surface area contributed by atoms with Crippen molar-refractivity contribution in [3.05, 3.63) is 24.3 Å². The Balaban J connectivity index is 2.28. The summed E-state index contributed by atoms with van der Waals surface area (Å²) in [5.41, 5.74) is 2.88. The zero-order valence-electron chi connectivity index (χ0n) is 13.2. The van der Waals surface area contributed by atoms with Crippen molar-refractivity contribution in [1.82, 2.24) is 14.5 Å². The second kappa shape index (κ2) is 6.42. The van der Waals surface area contributed by atoms with Gasteiger partial charge in [-0.05, 0) is 32.1 Å². The molecule has 1 atom stereocenters. The van der Waals surface area contributed by atoms with Crippen LogP contribution < -0.4 is 0 Å². The SMILES string of the molecule is C=Cc1ncc2nc(C(C)O)n(C3CCCCC3)c2c1SC. The lowest BCUT2D eigenvalue weighted by atomic mass is 9.95. The van der Waals surface area contributed by atoms with E-state index in [4.69, 9.17) is 0 Å². The molecule has 3 rings (SSSR count). The van der Waals surface area contributed by atoms with Crippen molar-refractivity contribution < 1.29 is 5.11 Å². The molecule has 2 heterocycles. The zero-order valence-corrected chi connectivity index (χ0v) is 14.1. The molecule has 1 unspecified atom stereocenters. The highest BCUT2D eigenvalue weighted by molar-refractivity contribution is 7.98. The molecule has 0 radical (unpaired) electrons. The number of aliphatic hydroxyl groups excluding tert-OH is 1. The normalized spacial score (nSPS) is 17.8. The highest BCUT2D eigenvalue weighted by atomic mass is 32.2. The predicted octanol–water partition coefficient (Wildman–Crippen LogP) is 4.35. The van der Waals surface area contributed by atoms with E-state index in [1.165, 1.54) is 19.3 Å². The molecule has 22 heavy (non-hydrogen) atoms. The number of fused-ring (bicyclic) bond motifs is 1. The van der Waals surface area contributed by atoms with E-state index in [0.717, 1.165) is 40.3 Å². The van der Waals surface area contributed by atoms with E-state index in [9.17, 15) is 5.11 Å². The standard InChI is InChI=1S/C17H23N3OS/c1-4-13-16(22-3)15-14(10-18-13)19-17(11(2)21)20(15)12-8-6-5-7-9-12/h4,10-12,21H,1,5-9H2,2-3H3. The van der Waals surface area contributed by atoms with Crippen molar-refractivity contribution in [2.45, 2.75) is 56.1 Å². The molecule has 5 heteroatoms. The summed E-state index contributed by atoms with van der Waals surface area (Å²) in [7, 11) is 0. The van der Waals surface area contributed by atoms with E-state index in [2.05, 4.69) is 27.4 Å². The molecule has 1 aliphatic carbocycles. The molecule has 0 saturated heterocycles. The van der Waals surface area contributed by atoms with Crippen molar-refractivity contribution in [3.63, 3.8) is 0 Å². The molecule has 1 N–H and O–H groups in total. The van der Waals surface area contributed by atoms with Gasteiger partial charge in [0.05, 0.1) is 22.3 Å². The highest BCUT2D eigenvalue weighted by Crippen LogP contribution is 2.38. The monoisotopic (exact) mass is 317 g/mol. The first-order valence-corrected chi connectivity index (χ1v) is 9.15. The van der Waals surface area contributed by atoms with Gasteiger partial charge in [0.15, 0.2) is 0 Å². The van der Waals surface area contributed by atoms with Gasteiger partial charge in [-0.2, -0.15) is 0 Å². The highest BCUT2D eigenvalue weighted by Gasteiger charge is 2.25. The number of hydrogen-bond acceptors (Lipinski definition) is 4. The van der Waals surface area contributed by atoms with E-state index in [0.29, 0.717) is 6.04 Å². The van der Waals surface area contributed by atoms with Gasteiger partial charge < -0.3 is 9.67 Å². The molecule has 1 saturated carbocycles. The van der Waals surface area contributed by atoms with Gasteiger partial charge in [0.25, 0.3) is 0 Å². The fourth-order valence-corrected chi connectivity index (χ4v) is 4.19. The Kier molecular flexibility index (Phi) is 4.54. The van der Waals surface area contributed by atoms with Crippen molar-refractivity contribution in [1.29, 1.82) is 0 Å². The summed E-state index contributed by atoms with van der Waals surface area (Å²) in [5.74, 6) is 0.764. The molecule has 2 aromatic heterocycles. The average Bonchev–Trinajstić information content (AvgIpc) is 2.94. The molecule has 0 bridgehead atoms. The lowest BCUT2D eigenvalue weighted by molar-refractivity contribution is 0.178. The molecule has 0 aromatic carbocycles. The smallest absolute Gasteiger partial charge is 0.138 e. The molecular weight excluding hydrogens is 294 g/mol. The van der Waals surface area contributed by atoms with Crippen LogP contribution in [0.4, 0.5) is 0 Å². The first kappa shape index (κ1) is 15.6. The number of aliphatic hydroxyl groups is 1. The van der Waals surface area contributed by atoms with Crippen molar-refractivity contribution >= 4 is 28.9 Å². The quantitative estimate of drug-likeness (QED) is 0.852. The van der Waals surface area contributed by atoms with Gasteiger partial charge in [0.2, 0.25) is 0 Å². The van der Waals surface area contributed by atoms with Crippen LogP contribution in [0.5, 0.6) is 0 Å². The second-order valence-electron chi connectivity index (χ2n) is 5.92. The number of rotatable bonds is 4. The summed E-state index contributed by atoms with van der Waals surface area (Å²) in [6.07, 6.45) is 11.2. The van der Waals surface area contributed by atoms with E-state index >= 15 is 0 Å². The topological polar surface area (TPSA) is 50.9 Å². The van der Waals surface area contributed by atoms with Gasteiger partial charge >= 0.3 is 0 Å². The van der Waals surface area contributed by atoms with Gasteiger partial charge in [-0.15, -0.1) is 11.8 Å². The van der Waals surface area contributed by atoms with Gasteiger partial charge in [0, 0.05) is 6.04 Å². The largest absolute Gasteiger partial charge is 0.385 e. The Bertz CT molecular complexity index is 687. The van der Waals surface area contributed by atoms with E-state index < -0.39 is 6.10 Å². The van der Waals surface area contributed by atoms with Crippen LogP contribution in [0.2, 0.25) is 0 Å². The lowest BCUT2D eigenvalue weighted by Gasteiger charge is -2.26. The Morgan fingerprint density at radius 1 is 1.41 bits per heavy atom. The van der Waals surface area contributed by atoms with Crippen LogP contribution in [0.15, 0.2) is 17.7 Å². The Hall–Kier alpha value is -1.33. The Morgan fingerprint density at radius 3 is 2.73 bits per heavy atom. The van der Waals surface area contributed by atoms with Crippen LogP contribution in [-0.4, -0.2) is 25.9 Å². The minimum atomic E-state index is -0.573. The van der Waals surface area contributed by atoms with Gasteiger partial charge in [0.1, 0.15) is 17.4 Å². The maximum atomic E-state index is 10.2. The summed E-state index contributed by atoms with van der Waals surface area (Å²) >= 11 is 1.68. The van der Waals surface area contributed by atoms with E-state index in [-0.39, 0.29) is 0 Å². The minimum absolute atomic E-state index is 0.425. The zero-order chi connectivity index (χ0) is 15.7. The summed E-state index contributed by atoms with van der Waals surface area (Å²) < 4.78 is 2.28. The second-order valence-corrected chi connectivity index (χ2v) is 6.74. The third kappa shape index (κ3) is 2.57. The minimum Gasteiger partial charge on any atom is -0.385 e. The number of aromatic nitrogens is 3. The fourth-order valence-electron chi connectivity index (χ4n) is 3.44. The first-order chi connectivity index (χ1) is 10.7.